The molecule has 20 heavy (non-hydrogen) atoms. The molecule has 1 fully saturated rings. The van der Waals surface area contributed by atoms with Crippen molar-refractivity contribution >= 4 is 0 Å². The molecule has 4 heteroatoms. The van der Waals surface area contributed by atoms with E-state index in [1.807, 2.05) is 0 Å². The zero-order valence-electron chi connectivity index (χ0n) is 13.0. The fraction of sp³-hybridized carbons (Fsp3) is 0.875. The second kappa shape index (κ2) is 7.77. The quantitative estimate of drug-likeness (QED) is 0.806. The minimum Gasteiger partial charge on any atom is -0.338 e. The van der Waals surface area contributed by atoms with Crippen LogP contribution in [0.3, 0.4) is 0 Å². The van der Waals surface area contributed by atoms with E-state index >= 15 is 0 Å². The Morgan fingerprint density at radius 2 is 1.95 bits per heavy atom. The number of hydrogen-bond acceptors (Lipinski definition) is 4. The summed E-state index contributed by atoms with van der Waals surface area (Å²) in [5.41, 5.74) is 6.09. The van der Waals surface area contributed by atoms with Crippen molar-refractivity contribution in [2.75, 3.05) is 0 Å². The van der Waals surface area contributed by atoms with Crippen LogP contribution in [0.4, 0.5) is 0 Å². The third-order valence-electron chi connectivity index (χ3n) is 4.55. The van der Waals surface area contributed by atoms with E-state index in [0.29, 0.717) is 11.8 Å². The molecule has 1 aliphatic rings. The lowest BCUT2D eigenvalue weighted by Crippen LogP contribution is -2.15. The molecular formula is C16H29N3O. The van der Waals surface area contributed by atoms with Gasteiger partial charge in [0.2, 0.25) is 5.89 Å². The molecule has 1 aromatic rings. The highest BCUT2D eigenvalue weighted by molar-refractivity contribution is 4.99. The highest BCUT2D eigenvalue weighted by atomic mass is 16.5. The van der Waals surface area contributed by atoms with E-state index in [0.717, 1.165) is 31.0 Å². The first-order valence-electron chi connectivity index (χ1n) is 8.33. The molecule has 1 aliphatic carbocycles. The first-order chi connectivity index (χ1) is 9.74. The monoisotopic (exact) mass is 279 g/mol. The third kappa shape index (κ3) is 4.05. The molecular weight excluding hydrogens is 250 g/mol. The van der Waals surface area contributed by atoms with Gasteiger partial charge in [-0.05, 0) is 38.0 Å². The van der Waals surface area contributed by atoms with Crippen LogP contribution in [0, 0.1) is 5.92 Å². The maximum Gasteiger partial charge on any atom is 0.243 e. The van der Waals surface area contributed by atoms with Crippen LogP contribution in [-0.4, -0.2) is 10.1 Å². The van der Waals surface area contributed by atoms with Crippen molar-refractivity contribution in [3.8, 4) is 0 Å². The van der Waals surface area contributed by atoms with Gasteiger partial charge in [-0.1, -0.05) is 44.7 Å². The van der Waals surface area contributed by atoms with Gasteiger partial charge >= 0.3 is 0 Å². The summed E-state index contributed by atoms with van der Waals surface area (Å²) in [7, 11) is 0. The topological polar surface area (TPSA) is 64.9 Å². The summed E-state index contributed by atoms with van der Waals surface area (Å²) in [4.78, 5) is 4.55. The second-order valence-electron chi connectivity index (χ2n) is 6.25. The molecule has 1 saturated carbocycles. The van der Waals surface area contributed by atoms with E-state index in [9.17, 15) is 0 Å². The van der Waals surface area contributed by atoms with Gasteiger partial charge < -0.3 is 10.3 Å². The predicted octanol–water partition coefficient (Wildman–Crippen LogP) is 4.33. The minimum atomic E-state index is -0.0902. The smallest absolute Gasteiger partial charge is 0.243 e. The van der Waals surface area contributed by atoms with E-state index in [1.165, 1.54) is 38.5 Å². The molecule has 0 bridgehead atoms. The number of rotatable bonds is 7. The second-order valence-corrected chi connectivity index (χ2v) is 6.25. The number of nitrogens with two attached hydrogens (primary N) is 1. The molecule has 1 aromatic heterocycles. The van der Waals surface area contributed by atoms with Gasteiger partial charge in [-0.2, -0.15) is 4.98 Å². The Morgan fingerprint density at radius 3 is 2.60 bits per heavy atom. The normalized spacial score (nSPS) is 24.8. The number of aromatic nitrogens is 2. The predicted molar refractivity (Wildman–Crippen MR) is 80.4 cm³/mol. The summed E-state index contributed by atoms with van der Waals surface area (Å²) in [6, 6.07) is -0.0902. The summed E-state index contributed by atoms with van der Waals surface area (Å²) in [6.07, 6.45) is 10.9. The molecule has 2 rings (SSSR count). The molecule has 0 saturated heterocycles. The molecule has 0 spiro atoms. The Hall–Kier alpha value is -0.900. The largest absolute Gasteiger partial charge is 0.338 e. The number of hydrogen-bond donors (Lipinski definition) is 1. The Labute approximate surface area is 122 Å². The first kappa shape index (κ1) is 15.5. The van der Waals surface area contributed by atoms with Crippen LogP contribution in [0.2, 0.25) is 0 Å². The van der Waals surface area contributed by atoms with Gasteiger partial charge in [0.1, 0.15) is 0 Å². The van der Waals surface area contributed by atoms with Gasteiger partial charge in [-0.25, -0.2) is 0 Å². The highest BCUT2D eigenvalue weighted by Gasteiger charge is 2.26. The molecule has 0 unspecified atom stereocenters. The van der Waals surface area contributed by atoms with Crippen molar-refractivity contribution in [3.63, 3.8) is 0 Å². The van der Waals surface area contributed by atoms with Crippen molar-refractivity contribution in [2.24, 2.45) is 11.7 Å². The molecule has 0 aromatic carbocycles. The van der Waals surface area contributed by atoms with Crippen molar-refractivity contribution in [1.82, 2.24) is 10.1 Å². The summed E-state index contributed by atoms with van der Waals surface area (Å²) >= 11 is 0. The molecule has 4 nitrogen and oxygen atoms in total. The zero-order valence-corrected chi connectivity index (χ0v) is 13.0. The lowest BCUT2D eigenvalue weighted by atomic mass is 9.80. The molecule has 0 aliphatic heterocycles. The van der Waals surface area contributed by atoms with Crippen molar-refractivity contribution < 1.29 is 4.52 Å². The lowest BCUT2D eigenvalue weighted by Gasteiger charge is -2.26. The summed E-state index contributed by atoms with van der Waals surface area (Å²) in [6.45, 7) is 4.44. The van der Waals surface area contributed by atoms with Crippen molar-refractivity contribution in [3.05, 3.63) is 11.7 Å². The summed E-state index contributed by atoms with van der Waals surface area (Å²) in [5.74, 6) is 2.92. The molecule has 1 heterocycles. The van der Waals surface area contributed by atoms with E-state index in [4.69, 9.17) is 10.3 Å². The molecule has 2 N–H and O–H groups in total. The number of nitrogens with zero attached hydrogens (tertiary/aromatic N) is 2. The van der Waals surface area contributed by atoms with Gasteiger partial charge in [0.15, 0.2) is 5.82 Å². The molecule has 1 atom stereocenters. The van der Waals surface area contributed by atoms with Gasteiger partial charge in [-0.3, -0.25) is 0 Å². The molecule has 0 radical (unpaired) electrons. The van der Waals surface area contributed by atoms with Crippen LogP contribution in [0.25, 0.3) is 0 Å². The van der Waals surface area contributed by atoms with Gasteiger partial charge in [0.05, 0.1) is 6.04 Å². The average Bonchev–Trinajstić information content (AvgIpc) is 2.96. The Morgan fingerprint density at radius 1 is 1.20 bits per heavy atom. The number of unbranched alkanes of at least 4 members (excludes halogenated alkanes) is 1. The Balaban J connectivity index is 1.86. The standard InChI is InChI=1S/C16H29N3O/c1-3-5-7-14(17)16-18-15(19-20-16)13-10-8-12(6-4-2)9-11-13/h12-14H,3-11,17H2,1-2H3/t12?,13?,14-/m0/s1. The van der Waals surface area contributed by atoms with E-state index in [-0.39, 0.29) is 6.04 Å². The fourth-order valence-electron chi connectivity index (χ4n) is 3.23. The highest BCUT2D eigenvalue weighted by Crippen LogP contribution is 2.36. The van der Waals surface area contributed by atoms with Crippen LogP contribution < -0.4 is 5.73 Å². The van der Waals surface area contributed by atoms with Crippen molar-refractivity contribution in [2.45, 2.75) is 83.6 Å². The summed E-state index contributed by atoms with van der Waals surface area (Å²) < 4.78 is 5.36. The molecule has 114 valence electrons. The maximum atomic E-state index is 6.09. The Bertz CT molecular complexity index is 383. The lowest BCUT2D eigenvalue weighted by molar-refractivity contribution is 0.293. The van der Waals surface area contributed by atoms with Crippen LogP contribution in [0.1, 0.15) is 95.3 Å². The van der Waals surface area contributed by atoms with E-state index in [2.05, 4.69) is 24.0 Å². The first-order valence-corrected chi connectivity index (χ1v) is 8.33. The fourth-order valence-corrected chi connectivity index (χ4v) is 3.23. The van der Waals surface area contributed by atoms with Crippen molar-refractivity contribution in [1.29, 1.82) is 0 Å². The zero-order chi connectivity index (χ0) is 14.4. The minimum absolute atomic E-state index is 0.0902. The Kier molecular flexibility index (Phi) is 6.02. The van der Waals surface area contributed by atoms with Crippen LogP contribution >= 0.6 is 0 Å². The average molecular weight is 279 g/mol. The summed E-state index contributed by atoms with van der Waals surface area (Å²) in [5, 5.41) is 4.17. The third-order valence-corrected chi connectivity index (χ3v) is 4.55. The van der Waals surface area contributed by atoms with Gasteiger partial charge in [0, 0.05) is 5.92 Å². The van der Waals surface area contributed by atoms with Crippen LogP contribution in [0.5, 0.6) is 0 Å². The van der Waals surface area contributed by atoms with Crippen LogP contribution in [0.15, 0.2) is 4.52 Å². The molecule has 0 amide bonds. The van der Waals surface area contributed by atoms with E-state index in [1.54, 1.807) is 0 Å². The SMILES string of the molecule is CCCC[C@H](N)c1nc(C2CCC(CCC)CC2)no1. The van der Waals surface area contributed by atoms with Gasteiger partial charge in [0.25, 0.3) is 0 Å². The maximum absolute atomic E-state index is 6.09. The van der Waals surface area contributed by atoms with E-state index < -0.39 is 0 Å². The van der Waals surface area contributed by atoms with Crippen LogP contribution in [-0.2, 0) is 0 Å². The van der Waals surface area contributed by atoms with Gasteiger partial charge in [-0.15, -0.1) is 0 Å².